The highest BCUT2D eigenvalue weighted by Gasteiger charge is 2.26. The fraction of sp³-hybridized carbons (Fsp3) is 0.333. The van der Waals surface area contributed by atoms with Crippen molar-refractivity contribution in [3.8, 4) is 0 Å². The average molecular weight is 390 g/mol. The number of benzene rings is 2. The fourth-order valence-corrected chi connectivity index (χ4v) is 3.86. The maximum atomic E-state index is 11.5. The molecule has 0 bridgehead atoms. The second-order valence-electron chi connectivity index (χ2n) is 6.73. The van der Waals surface area contributed by atoms with Crippen LogP contribution in [0.3, 0.4) is 0 Å². The Morgan fingerprint density at radius 2 is 1.89 bits per heavy atom. The third-order valence-electron chi connectivity index (χ3n) is 4.70. The Morgan fingerprint density at radius 1 is 1.19 bits per heavy atom. The van der Waals surface area contributed by atoms with E-state index in [4.69, 9.17) is 5.14 Å². The normalized spacial score (nSPS) is 15.6. The highest BCUT2D eigenvalue weighted by Crippen LogP contribution is 2.32. The largest absolute Gasteiger partial charge is 0.382 e. The van der Waals surface area contributed by atoms with Crippen molar-refractivity contribution in [2.75, 3.05) is 23.3 Å². The number of nitrogens with two attached hydrogens (primary N) is 1. The van der Waals surface area contributed by atoms with Gasteiger partial charge in [-0.3, -0.25) is 10.1 Å². The van der Waals surface area contributed by atoms with Crippen LogP contribution in [0.2, 0.25) is 0 Å². The van der Waals surface area contributed by atoms with Crippen molar-refractivity contribution >= 4 is 27.1 Å². The number of anilines is 2. The molecular weight excluding hydrogens is 368 g/mol. The molecule has 2 aromatic rings. The number of nitrogens with zero attached hydrogens (tertiary/aromatic N) is 2. The van der Waals surface area contributed by atoms with Gasteiger partial charge in [-0.15, -0.1) is 0 Å². The second kappa shape index (κ2) is 7.53. The molecule has 27 heavy (non-hydrogen) atoms. The zero-order valence-corrected chi connectivity index (χ0v) is 15.8. The maximum Gasteiger partial charge on any atom is 0.293 e. The summed E-state index contributed by atoms with van der Waals surface area (Å²) in [7, 11) is -3.99. The molecule has 0 aromatic heterocycles. The minimum absolute atomic E-state index is 0.244. The van der Waals surface area contributed by atoms with E-state index in [2.05, 4.69) is 11.4 Å². The molecule has 1 fully saturated rings. The summed E-state index contributed by atoms with van der Waals surface area (Å²) in [6, 6.07) is 12.2. The van der Waals surface area contributed by atoms with Crippen molar-refractivity contribution in [1.29, 1.82) is 0 Å². The maximum absolute atomic E-state index is 11.5. The molecule has 3 N–H and O–H groups in total. The van der Waals surface area contributed by atoms with Crippen molar-refractivity contribution < 1.29 is 13.3 Å². The Morgan fingerprint density at radius 3 is 2.48 bits per heavy atom. The predicted octanol–water partition coefficient (Wildman–Crippen LogP) is 2.63. The van der Waals surface area contributed by atoms with E-state index in [-0.39, 0.29) is 16.6 Å². The number of primary sulfonamides is 1. The minimum atomic E-state index is -3.99. The van der Waals surface area contributed by atoms with E-state index in [1.807, 2.05) is 30.0 Å². The van der Waals surface area contributed by atoms with E-state index in [0.717, 1.165) is 24.6 Å². The third kappa shape index (κ3) is 4.55. The number of rotatable bonds is 5. The first kappa shape index (κ1) is 19.1. The van der Waals surface area contributed by atoms with Gasteiger partial charge in [0.25, 0.3) is 5.69 Å². The smallest absolute Gasteiger partial charge is 0.293 e. The summed E-state index contributed by atoms with van der Waals surface area (Å²) in [5.41, 5.74) is 2.42. The van der Waals surface area contributed by atoms with E-state index in [1.165, 1.54) is 17.7 Å². The van der Waals surface area contributed by atoms with Crippen LogP contribution in [-0.4, -0.2) is 32.5 Å². The van der Waals surface area contributed by atoms with Gasteiger partial charge in [0.05, 0.1) is 9.82 Å². The molecule has 0 amide bonds. The van der Waals surface area contributed by atoms with E-state index < -0.39 is 14.9 Å². The van der Waals surface area contributed by atoms with Crippen molar-refractivity contribution in [3.63, 3.8) is 0 Å². The molecule has 8 nitrogen and oxygen atoms in total. The van der Waals surface area contributed by atoms with Crippen LogP contribution < -0.4 is 15.4 Å². The number of nitro groups is 1. The molecule has 1 heterocycles. The van der Waals surface area contributed by atoms with Crippen LogP contribution >= 0.6 is 0 Å². The molecule has 1 aliphatic rings. The molecular formula is C18H22N4O4S. The zero-order chi connectivity index (χ0) is 19.6. The van der Waals surface area contributed by atoms with Crippen molar-refractivity contribution in [2.45, 2.75) is 30.7 Å². The average Bonchev–Trinajstić information content (AvgIpc) is 2.61. The molecule has 0 aliphatic carbocycles. The molecule has 3 rings (SSSR count). The van der Waals surface area contributed by atoms with Gasteiger partial charge in [0.15, 0.2) is 0 Å². The van der Waals surface area contributed by atoms with Crippen LogP contribution in [0.15, 0.2) is 47.4 Å². The molecule has 2 aromatic carbocycles. The molecule has 0 saturated carbocycles. The van der Waals surface area contributed by atoms with Gasteiger partial charge in [0, 0.05) is 30.9 Å². The molecule has 0 unspecified atom stereocenters. The number of aryl methyl sites for hydroxylation is 1. The molecule has 1 saturated heterocycles. The topological polar surface area (TPSA) is 119 Å². The van der Waals surface area contributed by atoms with Crippen LogP contribution in [0.1, 0.15) is 18.4 Å². The number of nitro benzene ring substituents is 1. The predicted molar refractivity (Wildman–Crippen MR) is 105 cm³/mol. The number of hydrogen-bond acceptors (Lipinski definition) is 6. The Bertz CT molecular complexity index is 954. The Balaban J connectivity index is 1.73. The second-order valence-corrected chi connectivity index (χ2v) is 8.29. The quantitative estimate of drug-likeness (QED) is 0.598. The minimum Gasteiger partial charge on any atom is -0.382 e. The first-order chi connectivity index (χ1) is 12.7. The summed E-state index contributed by atoms with van der Waals surface area (Å²) in [6.45, 7) is 3.32. The lowest BCUT2D eigenvalue weighted by Gasteiger charge is -2.34. The van der Waals surface area contributed by atoms with E-state index in [9.17, 15) is 18.5 Å². The number of nitrogens with one attached hydrogen (secondary N) is 1. The lowest BCUT2D eigenvalue weighted by molar-refractivity contribution is -0.384. The van der Waals surface area contributed by atoms with Crippen LogP contribution in [0.5, 0.6) is 0 Å². The van der Waals surface area contributed by atoms with E-state index in [1.54, 1.807) is 0 Å². The first-order valence-electron chi connectivity index (χ1n) is 8.63. The van der Waals surface area contributed by atoms with Crippen molar-refractivity contribution in [2.24, 2.45) is 5.14 Å². The zero-order valence-electron chi connectivity index (χ0n) is 15.0. The Hall–Kier alpha value is -2.65. The number of hydrogen-bond donors (Lipinski definition) is 2. The lowest BCUT2D eigenvalue weighted by Crippen LogP contribution is -2.39. The van der Waals surface area contributed by atoms with Gasteiger partial charge in [0.2, 0.25) is 10.0 Å². The van der Waals surface area contributed by atoms with Crippen LogP contribution in [0.4, 0.5) is 17.1 Å². The van der Waals surface area contributed by atoms with E-state index in [0.29, 0.717) is 18.8 Å². The van der Waals surface area contributed by atoms with Crippen molar-refractivity contribution in [3.05, 3.63) is 58.1 Å². The van der Waals surface area contributed by atoms with E-state index >= 15 is 0 Å². The third-order valence-corrected chi connectivity index (χ3v) is 5.61. The summed E-state index contributed by atoms with van der Waals surface area (Å²) in [5.74, 6) is 0. The SMILES string of the molecule is Cc1cccc(NC2CCN(c3ccc(S(N)(=O)=O)cc3[N+](=O)[O-])CC2)c1. The molecule has 144 valence electrons. The van der Waals surface area contributed by atoms with Gasteiger partial charge >= 0.3 is 0 Å². The van der Waals surface area contributed by atoms with Crippen LogP contribution in [0, 0.1) is 17.0 Å². The van der Waals surface area contributed by atoms with Gasteiger partial charge < -0.3 is 10.2 Å². The van der Waals surface area contributed by atoms with Crippen LogP contribution in [0.25, 0.3) is 0 Å². The van der Waals surface area contributed by atoms with Gasteiger partial charge in [0.1, 0.15) is 5.69 Å². The monoisotopic (exact) mass is 390 g/mol. The molecule has 0 radical (unpaired) electrons. The molecule has 0 atom stereocenters. The Kier molecular flexibility index (Phi) is 5.33. The first-order valence-corrected chi connectivity index (χ1v) is 10.2. The summed E-state index contributed by atoms with van der Waals surface area (Å²) in [4.78, 5) is 12.5. The number of piperidine rings is 1. The standard InChI is InChI=1S/C18H22N4O4S/c1-13-3-2-4-15(11-13)20-14-7-9-21(10-8-14)17-6-5-16(27(19,25)26)12-18(17)22(23)24/h2-6,11-12,14,20H,7-10H2,1H3,(H2,19,25,26). The molecule has 0 spiro atoms. The lowest BCUT2D eigenvalue weighted by atomic mass is 10.0. The summed E-state index contributed by atoms with van der Waals surface area (Å²) < 4.78 is 22.9. The van der Waals surface area contributed by atoms with Crippen molar-refractivity contribution in [1.82, 2.24) is 0 Å². The molecule has 9 heteroatoms. The van der Waals surface area contributed by atoms with Gasteiger partial charge in [-0.1, -0.05) is 12.1 Å². The summed E-state index contributed by atoms with van der Waals surface area (Å²) in [6.07, 6.45) is 1.64. The highest BCUT2D eigenvalue weighted by atomic mass is 32.2. The molecule has 1 aliphatic heterocycles. The Labute approximate surface area is 158 Å². The highest BCUT2D eigenvalue weighted by molar-refractivity contribution is 7.89. The van der Waals surface area contributed by atoms with Gasteiger partial charge in [-0.05, 0) is 49.6 Å². The fourth-order valence-electron chi connectivity index (χ4n) is 3.33. The number of sulfonamides is 1. The van der Waals surface area contributed by atoms with Gasteiger partial charge in [-0.2, -0.15) is 0 Å². The summed E-state index contributed by atoms with van der Waals surface area (Å²) in [5, 5.41) is 20.0. The van der Waals surface area contributed by atoms with Crippen LogP contribution in [-0.2, 0) is 10.0 Å². The summed E-state index contributed by atoms with van der Waals surface area (Å²) >= 11 is 0. The van der Waals surface area contributed by atoms with Gasteiger partial charge in [-0.25, -0.2) is 13.6 Å².